The molecular weight excluding hydrogens is 216 g/mol. The topological polar surface area (TPSA) is 35.5 Å². The van der Waals surface area contributed by atoms with Gasteiger partial charge in [0, 0.05) is 12.3 Å². The van der Waals surface area contributed by atoms with E-state index < -0.39 is 0 Å². The summed E-state index contributed by atoms with van der Waals surface area (Å²) in [6.45, 7) is 1.23. The molecule has 3 rings (SSSR count). The Bertz CT molecular complexity index is 294. The third kappa shape index (κ3) is 2.41. The number of Topliss-reactive ketones (excluding diaryl/α,β-unsaturated/α-hetero) is 1. The molecule has 2 aliphatic heterocycles. The molecule has 1 aliphatic carbocycles. The maximum absolute atomic E-state index is 11.8. The Balaban J connectivity index is 1.54. The van der Waals surface area contributed by atoms with Gasteiger partial charge in [-0.05, 0) is 32.1 Å². The SMILES string of the molecule is O=C1CCOCC1CC1CCC2(CCCC2)O1. The maximum atomic E-state index is 11.8. The zero-order valence-electron chi connectivity index (χ0n) is 10.5. The molecule has 0 aromatic heterocycles. The Hall–Kier alpha value is -0.410. The highest BCUT2D eigenvalue weighted by Crippen LogP contribution is 2.44. The van der Waals surface area contributed by atoms with E-state index in [9.17, 15) is 4.79 Å². The molecule has 2 heterocycles. The first-order chi connectivity index (χ1) is 8.27. The molecule has 0 bridgehead atoms. The summed E-state index contributed by atoms with van der Waals surface area (Å²) in [5.74, 6) is 0.484. The molecule has 3 nitrogen and oxygen atoms in total. The van der Waals surface area contributed by atoms with Gasteiger partial charge in [-0.1, -0.05) is 12.8 Å². The summed E-state index contributed by atoms with van der Waals surface area (Å²) < 4.78 is 11.7. The van der Waals surface area contributed by atoms with Crippen LogP contribution in [0.3, 0.4) is 0 Å². The van der Waals surface area contributed by atoms with Crippen LogP contribution in [0.15, 0.2) is 0 Å². The first-order valence-electron chi connectivity index (χ1n) is 7.06. The Morgan fingerprint density at radius 1 is 1.24 bits per heavy atom. The van der Waals surface area contributed by atoms with E-state index in [-0.39, 0.29) is 11.5 Å². The van der Waals surface area contributed by atoms with E-state index in [1.165, 1.54) is 32.1 Å². The first-order valence-corrected chi connectivity index (χ1v) is 7.06. The maximum Gasteiger partial charge on any atom is 0.140 e. The summed E-state index contributed by atoms with van der Waals surface area (Å²) in [7, 11) is 0. The van der Waals surface area contributed by atoms with Crippen molar-refractivity contribution in [2.24, 2.45) is 5.92 Å². The number of carbonyl (C=O) groups excluding carboxylic acids is 1. The van der Waals surface area contributed by atoms with E-state index in [0.717, 1.165) is 12.8 Å². The van der Waals surface area contributed by atoms with Gasteiger partial charge in [0.1, 0.15) is 5.78 Å². The van der Waals surface area contributed by atoms with Gasteiger partial charge in [-0.15, -0.1) is 0 Å². The van der Waals surface area contributed by atoms with E-state index >= 15 is 0 Å². The van der Waals surface area contributed by atoms with E-state index in [2.05, 4.69) is 0 Å². The molecule has 1 saturated carbocycles. The molecule has 0 radical (unpaired) electrons. The van der Waals surface area contributed by atoms with Crippen LogP contribution in [0.4, 0.5) is 0 Å². The van der Waals surface area contributed by atoms with E-state index in [1.54, 1.807) is 0 Å². The van der Waals surface area contributed by atoms with Gasteiger partial charge in [-0.2, -0.15) is 0 Å². The van der Waals surface area contributed by atoms with Crippen LogP contribution in [0, 0.1) is 5.92 Å². The molecule has 17 heavy (non-hydrogen) atoms. The Morgan fingerprint density at radius 2 is 2.06 bits per heavy atom. The van der Waals surface area contributed by atoms with Gasteiger partial charge in [0.25, 0.3) is 0 Å². The summed E-state index contributed by atoms with van der Waals surface area (Å²) in [5, 5.41) is 0. The number of carbonyl (C=O) groups is 1. The second-order valence-electron chi connectivity index (χ2n) is 5.89. The standard InChI is InChI=1S/C14H22O3/c15-13-4-8-16-10-11(13)9-12-3-7-14(17-12)5-1-2-6-14/h11-12H,1-10H2. The molecule has 2 saturated heterocycles. The molecule has 1 spiro atoms. The largest absolute Gasteiger partial charge is 0.380 e. The molecule has 3 fully saturated rings. The first kappa shape index (κ1) is 11.7. The fourth-order valence-electron chi connectivity index (χ4n) is 3.66. The second kappa shape index (κ2) is 4.69. The van der Waals surface area contributed by atoms with Crippen molar-refractivity contribution in [3.63, 3.8) is 0 Å². The average molecular weight is 238 g/mol. The third-order valence-corrected chi connectivity index (χ3v) is 4.67. The highest BCUT2D eigenvalue weighted by Gasteiger charge is 2.43. The Labute approximate surface area is 103 Å². The zero-order chi connectivity index (χ0) is 11.7. The van der Waals surface area contributed by atoms with Crippen molar-refractivity contribution in [1.82, 2.24) is 0 Å². The minimum absolute atomic E-state index is 0.102. The minimum Gasteiger partial charge on any atom is -0.380 e. The van der Waals surface area contributed by atoms with Crippen LogP contribution >= 0.6 is 0 Å². The van der Waals surface area contributed by atoms with E-state index in [0.29, 0.717) is 31.5 Å². The number of ketones is 1. The van der Waals surface area contributed by atoms with Gasteiger partial charge in [0.05, 0.1) is 24.9 Å². The van der Waals surface area contributed by atoms with Gasteiger partial charge in [-0.25, -0.2) is 0 Å². The number of hydrogen-bond donors (Lipinski definition) is 0. The van der Waals surface area contributed by atoms with Crippen LogP contribution < -0.4 is 0 Å². The highest BCUT2D eigenvalue weighted by molar-refractivity contribution is 5.81. The number of hydrogen-bond acceptors (Lipinski definition) is 3. The molecule has 0 N–H and O–H groups in total. The molecule has 3 heteroatoms. The quantitative estimate of drug-likeness (QED) is 0.741. The average Bonchev–Trinajstić information content (AvgIpc) is 2.94. The van der Waals surface area contributed by atoms with Crippen molar-refractivity contribution in [3.8, 4) is 0 Å². The monoisotopic (exact) mass is 238 g/mol. The zero-order valence-corrected chi connectivity index (χ0v) is 10.5. The van der Waals surface area contributed by atoms with Gasteiger partial charge in [0.2, 0.25) is 0 Å². The third-order valence-electron chi connectivity index (χ3n) is 4.67. The van der Waals surface area contributed by atoms with Crippen molar-refractivity contribution in [2.45, 2.75) is 63.1 Å². The predicted octanol–water partition coefficient (Wildman–Crippen LogP) is 2.47. The number of rotatable bonds is 2. The molecule has 2 unspecified atom stereocenters. The Morgan fingerprint density at radius 3 is 2.82 bits per heavy atom. The van der Waals surface area contributed by atoms with Crippen LogP contribution in [0.5, 0.6) is 0 Å². The van der Waals surface area contributed by atoms with Crippen LogP contribution in [0.25, 0.3) is 0 Å². The minimum atomic E-state index is 0.102. The predicted molar refractivity (Wildman–Crippen MR) is 63.9 cm³/mol. The lowest BCUT2D eigenvalue weighted by Crippen LogP contribution is -2.32. The fourth-order valence-corrected chi connectivity index (χ4v) is 3.66. The molecule has 0 aromatic rings. The molecule has 0 aromatic carbocycles. The van der Waals surface area contributed by atoms with Crippen LogP contribution in [-0.2, 0) is 14.3 Å². The smallest absolute Gasteiger partial charge is 0.140 e. The lowest BCUT2D eigenvalue weighted by atomic mass is 9.92. The Kier molecular flexibility index (Phi) is 3.22. The van der Waals surface area contributed by atoms with Gasteiger partial charge >= 0.3 is 0 Å². The van der Waals surface area contributed by atoms with Crippen LogP contribution in [0.1, 0.15) is 51.4 Å². The van der Waals surface area contributed by atoms with Crippen LogP contribution in [-0.4, -0.2) is 30.7 Å². The van der Waals surface area contributed by atoms with Gasteiger partial charge in [-0.3, -0.25) is 4.79 Å². The van der Waals surface area contributed by atoms with Crippen molar-refractivity contribution in [3.05, 3.63) is 0 Å². The van der Waals surface area contributed by atoms with Crippen molar-refractivity contribution in [2.75, 3.05) is 13.2 Å². The normalized spacial score (nSPS) is 36.8. The lowest BCUT2D eigenvalue weighted by molar-refractivity contribution is -0.133. The number of ether oxygens (including phenoxy) is 2. The summed E-state index contributed by atoms with van der Waals surface area (Å²) in [4.78, 5) is 11.8. The lowest BCUT2D eigenvalue weighted by Gasteiger charge is -2.27. The van der Waals surface area contributed by atoms with Crippen molar-refractivity contribution < 1.29 is 14.3 Å². The highest BCUT2D eigenvalue weighted by atomic mass is 16.5. The molecule has 0 amide bonds. The summed E-state index contributed by atoms with van der Waals surface area (Å²) in [5.41, 5.74) is 0.198. The van der Waals surface area contributed by atoms with Gasteiger partial charge < -0.3 is 9.47 Å². The van der Waals surface area contributed by atoms with Crippen molar-refractivity contribution >= 4 is 5.78 Å². The molecule has 96 valence electrons. The molecular formula is C14H22O3. The van der Waals surface area contributed by atoms with Gasteiger partial charge in [0.15, 0.2) is 0 Å². The van der Waals surface area contributed by atoms with E-state index in [4.69, 9.17) is 9.47 Å². The fraction of sp³-hybridized carbons (Fsp3) is 0.929. The summed E-state index contributed by atoms with van der Waals surface area (Å²) >= 11 is 0. The van der Waals surface area contributed by atoms with Crippen LogP contribution in [0.2, 0.25) is 0 Å². The molecule has 3 aliphatic rings. The van der Waals surface area contributed by atoms with Crippen molar-refractivity contribution in [1.29, 1.82) is 0 Å². The van der Waals surface area contributed by atoms with E-state index in [1.807, 2.05) is 0 Å². The summed E-state index contributed by atoms with van der Waals surface area (Å²) in [6, 6.07) is 0. The second-order valence-corrected chi connectivity index (χ2v) is 5.89. The summed E-state index contributed by atoms with van der Waals surface area (Å²) in [6.07, 6.45) is 9.25. The molecule has 2 atom stereocenters.